The fraction of sp³-hybridized carbons (Fsp3) is 0.486. The number of ether oxygens (including phenoxy) is 3. The lowest BCUT2D eigenvalue weighted by Crippen LogP contribution is -3.00. The van der Waals surface area contributed by atoms with Crippen LogP contribution in [-0.4, -0.2) is 30.6 Å². The van der Waals surface area contributed by atoms with E-state index in [1.807, 2.05) is 60.4 Å². The van der Waals surface area contributed by atoms with Crippen molar-refractivity contribution in [2.24, 2.45) is 7.05 Å². The molecule has 0 radical (unpaired) electrons. The van der Waals surface area contributed by atoms with E-state index < -0.39 is 12.0 Å². The number of carbonyl (C=O) groups excluding carboxylic acids is 2. The number of rotatable bonds is 20. The first-order chi connectivity index (χ1) is 21.5. The number of methoxy groups -OCH3 is 1. The maximum Gasteiger partial charge on any atom is 0.417 e. The van der Waals surface area contributed by atoms with Gasteiger partial charge in [-0.05, 0) is 41.8 Å². The van der Waals surface area contributed by atoms with Crippen LogP contribution in [0.4, 0.5) is 4.79 Å². The van der Waals surface area contributed by atoms with E-state index in [0.717, 1.165) is 28.9 Å². The first-order valence-electron chi connectivity index (χ1n) is 16.3. The van der Waals surface area contributed by atoms with E-state index in [9.17, 15) is 9.59 Å². The third kappa shape index (κ3) is 14.2. The molecule has 0 spiro atoms. The Morgan fingerprint density at radius 1 is 0.733 bits per heavy atom. The number of aryl methyl sites for hydroxylation is 1. The minimum atomic E-state index is -0.710. The molecule has 1 heterocycles. The summed E-state index contributed by atoms with van der Waals surface area (Å²) in [5, 5.41) is 0. The lowest BCUT2D eigenvalue weighted by molar-refractivity contribution is -0.671. The van der Waals surface area contributed by atoms with E-state index in [1.54, 1.807) is 31.4 Å². The molecule has 246 valence electrons. The predicted molar refractivity (Wildman–Crippen MR) is 174 cm³/mol. The second kappa shape index (κ2) is 22.4. The average Bonchev–Trinajstić information content (AvgIpc) is 3.05. The number of imide groups is 1. The smallest absolute Gasteiger partial charge is 0.417 e. The van der Waals surface area contributed by atoms with Crippen molar-refractivity contribution < 1.29 is 52.3 Å². The van der Waals surface area contributed by atoms with Crippen molar-refractivity contribution in [2.75, 3.05) is 13.7 Å². The molecule has 0 N–H and O–H groups in total. The molecule has 7 nitrogen and oxygen atoms in total. The molecule has 0 aliphatic heterocycles. The van der Waals surface area contributed by atoms with E-state index >= 15 is 0 Å². The van der Waals surface area contributed by atoms with Gasteiger partial charge in [-0.25, -0.2) is 14.3 Å². The van der Waals surface area contributed by atoms with Gasteiger partial charge in [0.05, 0.1) is 20.3 Å². The molecule has 0 saturated carbocycles. The van der Waals surface area contributed by atoms with E-state index in [4.69, 9.17) is 14.2 Å². The van der Waals surface area contributed by atoms with Crippen molar-refractivity contribution >= 4 is 12.0 Å². The summed E-state index contributed by atoms with van der Waals surface area (Å²) in [5.41, 5.74) is 1.98. The fourth-order valence-electron chi connectivity index (χ4n) is 5.04. The van der Waals surface area contributed by atoms with Crippen LogP contribution in [0.15, 0.2) is 73.1 Å². The van der Waals surface area contributed by atoms with Crippen molar-refractivity contribution in [3.05, 3.63) is 89.7 Å². The number of carbonyl (C=O) groups is 2. The van der Waals surface area contributed by atoms with Crippen LogP contribution in [0.5, 0.6) is 11.5 Å². The van der Waals surface area contributed by atoms with Crippen LogP contribution in [0.25, 0.3) is 0 Å². The molecule has 0 bridgehead atoms. The number of unbranched alkanes of at least 4 members (excludes halogenated alkanes) is 11. The Hall–Kier alpha value is -3.14. The molecule has 0 aliphatic rings. The number of aromatic nitrogens is 1. The highest BCUT2D eigenvalue weighted by Gasteiger charge is 2.25. The second-order valence-corrected chi connectivity index (χ2v) is 11.4. The normalized spacial score (nSPS) is 10.6. The zero-order valence-corrected chi connectivity index (χ0v) is 29.5. The lowest BCUT2D eigenvalue weighted by atomic mass is 10.1. The van der Waals surface area contributed by atoms with Gasteiger partial charge in [-0.3, -0.25) is 4.79 Å². The quantitative estimate of drug-likeness (QED) is 0.0864. The molecule has 0 aliphatic carbocycles. The summed E-state index contributed by atoms with van der Waals surface area (Å²) in [6, 6.07) is 18.0. The minimum absolute atomic E-state index is 0. The molecule has 0 saturated heterocycles. The number of halogens is 1. The van der Waals surface area contributed by atoms with Crippen molar-refractivity contribution in [3.8, 4) is 11.5 Å². The van der Waals surface area contributed by atoms with Crippen LogP contribution >= 0.6 is 0 Å². The van der Waals surface area contributed by atoms with Gasteiger partial charge in [0, 0.05) is 17.7 Å². The van der Waals surface area contributed by atoms with Gasteiger partial charge in [-0.2, -0.15) is 0 Å². The highest BCUT2D eigenvalue weighted by molar-refractivity contribution is 6.02. The van der Waals surface area contributed by atoms with E-state index in [2.05, 4.69) is 6.92 Å². The molecule has 0 atom stereocenters. The molecule has 2 amide bonds. The molecule has 8 heteroatoms. The van der Waals surface area contributed by atoms with Gasteiger partial charge < -0.3 is 38.2 Å². The first kappa shape index (κ1) is 38.0. The highest BCUT2D eigenvalue weighted by atomic mass is 127. The van der Waals surface area contributed by atoms with Crippen LogP contribution in [0.2, 0.25) is 0 Å². The van der Waals surface area contributed by atoms with Gasteiger partial charge in [-0.15, -0.1) is 0 Å². The lowest BCUT2D eigenvalue weighted by Gasteiger charge is -2.21. The molecule has 0 unspecified atom stereocenters. The van der Waals surface area contributed by atoms with E-state index in [0.29, 0.717) is 23.7 Å². The monoisotopic (exact) mass is 730 g/mol. The standard InChI is InChI=1S/C37H51N2O5.HI/c1-4-5-6-7-8-9-10-11-12-13-14-18-27-43-34-22-21-32(28-35(34)42-3)30-44-37(41)39(29-31-23-25-38(2)26-24-31)36(40)33-19-16-15-17-20-33;/h15-17,19-26,28H,4-14,18,27,29-30H2,1-3H3;1H/q+1;/p-1. The highest BCUT2D eigenvalue weighted by Crippen LogP contribution is 2.29. The zero-order chi connectivity index (χ0) is 31.4. The first-order valence-corrected chi connectivity index (χ1v) is 16.3. The Labute approximate surface area is 287 Å². The largest absolute Gasteiger partial charge is 1.00 e. The van der Waals surface area contributed by atoms with Gasteiger partial charge in [0.25, 0.3) is 5.91 Å². The van der Waals surface area contributed by atoms with Crippen molar-refractivity contribution in [2.45, 2.75) is 97.1 Å². The summed E-state index contributed by atoms with van der Waals surface area (Å²) in [5.74, 6) is 0.846. The van der Waals surface area contributed by atoms with Crippen LogP contribution in [0, 0.1) is 0 Å². The number of nitrogens with zero attached hydrogens (tertiary/aromatic N) is 2. The second-order valence-electron chi connectivity index (χ2n) is 11.4. The van der Waals surface area contributed by atoms with Gasteiger partial charge >= 0.3 is 6.09 Å². The predicted octanol–water partition coefficient (Wildman–Crippen LogP) is 5.58. The Morgan fingerprint density at radius 2 is 1.33 bits per heavy atom. The molecular weight excluding hydrogens is 679 g/mol. The number of amides is 2. The minimum Gasteiger partial charge on any atom is -1.00 e. The number of hydrogen-bond acceptors (Lipinski definition) is 5. The van der Waals surface area contributed by atoms with Crippen molar-refractivity contribution in [1.82, 2.24) is 4.90 Å². The van der Waals surface area contributed by atoms with Gasteiger partial charge in [0.1, 0.15) is 13.7 Å². The van der Waals surface area contributed by atoms with E-state index in [-0.39, 0.29) is 37.1 Å². The maximum absolute atomic E-state index is 13.3. The Kier molecular flexibility index (Phi) is 18.9. The van der Waals surface area contributed by atoms with Crippen LogP contribution in [0.3, 0.4) is 0 Å². The number of hydrogen-bond donors (Lipinski definition) is 0. The summed E-state index contributed by atoms with van der Waals surface area (Å²) < 4.78 is 19.1. The summed E-state index contributed by atoms with van der Waals surface area (Å²) >= 11 is 0. The van der Waals surface area contributed by atoms with E-state index in [1.165, 1.54) is 64.2 Å². The molecule has 3 rings (SSSR count). The Balaban J connectivity index is 0.00000705. The Bertz CT molecular complexity index is 1250. The number of pyridine rings is 1. The van der Waals surface area contributed by atoms with Crippen LogP contribution in [0.1, 0.15) is 105 Å². The van der Waals surface area contributed by atoms with Gasteiger partial charge in [0.15, 0.2) is 23.9 Å². The SMILES string of the molecule is CCCCCCCCCCCCCCOc1ccc(COC(=O)N(Cc2cc[n+](C)cc2)C(=O)c2ccccc2)cc1OC.[I-]. The summed E-state index contributed by atoms with van der Waals surface area (Å²) in [4.78, 5) is 27.6. The average molecular weight is 731 g/mol. The van der Waals surface area contributed by atoms with Crippen molar-refractivity contribution in [3.63, 3.8) is 0 Å². The summed E-state index contributed by atoms with van der Waals surface area (Å²) in [6.07, 6.45) is 18.7. The third-order valence-electron chi connectivity index (χ3n) is 7.72. The van der Waals surface area contributed by atoms with Gasteiger partial charge in [-0.1, -0.05) is 102 Å². The summed E-state index contributed by atoms with van der Waals surface area (Å²) in [7, 11) is 3.51. The maximum atomic E-state index is 13.3. The van der Waals surface area contributed by atoms with Gasteiger partial charge in [0.2, 0.25) is 0 Å². The number of benzene rings is 2. The third-order valence-corrected chi connectivity index (χ3v) is 7.72. The van der Waals surface area contributed by atoms with Crippen molar-refractivity contribution in [1.29, 1.82) is 0 Å². The molecular formula is C37H51IN2O5. The Morgan fingerprint density at radius 3 is 1.93 bits per heavy atom. The van der Waals surface area contributed by atoms with Crippen LogP contribution < -0.4 is 38.0 Å². The molecule has 0 fully saturated rings. The zero-order valence-electron chi connectivity index (χ0n) is 27.3. The summed E-state index contributed by atoms with van der Waals surface area (Å²) in [6.45, 7) is 3.00. The fourth-order valence-corrected chi connectivity index (χ4v) is 5.04. The molecule has 45 heavy (non-hydrogen) atoms. The molecule has 3 aromatic rings. The topological polar surface area (TPSA) is 69.0 Å². The molecule has 2 aromatic carbocycles. The molecule has 1 aromatic heterocycles. The van der Waals surface area contributed by atoms with Crippen LogP contribution in [-0.2, 0) is 24.9 Å².